The van der Waals surface area contributed by atoms with E-state index in [-0.39, 0.29) is 17.2 Å². The summed E-state index contributed by atoms with van der Waals surface area (Å²) in [5, 5.41) is 58.6. The number of hydrogen-bond donors (Lipinski definition) is 6. The Morgan fingerprint density at radius 1 is 0.968 bits per heavy atom. The van der Waals surface area contributed by atoms with Crippen molar-refractivity contribution in [2.75, 3.05) is 7.11 Å². The van der Waals surface area contributed by atoms with E-state index in [2.05, 4.69) is 0 Å². The summed E-state index contributed by atoms with van der Waals surface area (Å²) < 4.78 is 15.5. The smallest absolute Gasteiger partial charge is 0.335 e. The first-order valence-electron chi connectivity index (χ1n) is 9.18. The maximum Gasteiger partial charge on any atom is 0.335 e. The molecule has 31 heavy (non-hydrogen) atoms. The molecule has 0 amide bonds. The van der Waals surface area contributed by atoms with Crippen LogP contribution in [0.3, 0.4) is 0 Å². The minimum atomic E-state index is -1.84. The number of rotatable bonds is 6. The van der Waals surface area contributed by atoms with Crippen molar-refractivity contribution in [2.24, 2.45) is 0 Å². The van der Waals surface area contributed by atoms with Crippen molar-refractivity contribution >= 4 is 18.1 Å². The second kappa shape index (κ2) is 9.23. The van der Waals surface area contributed by atoms with Gasteiger partial charge in [0.2, 0.25) is 6.29 Å². The number of carboxylic acids is 1. The van der Waals surface area contributed by atoms with E-state index in [1.807, 2.05) is 0 Å². The minimum Gasteiger partial charge on any atom is -0.508 e. The average molecular weight is 434 g/mol. The van der Waals surface area contributed by atoms with Crippen LogP contribution in [0.25, 0.3) is 12.2 Å². The van der Waals surface area contributed by atoms with Gasteiger partial charge in [-0.15, -0.1) is 0 Å². The van der Waals surface area contributed by atoms with Crippen LogP contribution < -0.4 is 9.47 Å². The molecule has 10 nitrogen and oxygen atoms in total. The highest BCUT2D eigenvalue weighted by molar-refractivity contribution is 5.73. The SMILES string of the molecule is COc1ccc(/C=C/c2cc(O)cc(OC3OC(C(=O)O)C(O)C(O)C3O)c2)cc1O. The van der Waals surface area contributed by atoms with Gasteiger partial charge in [-0.05, 0) is 35.4 Å². The van der Waals surface area contributed by atoms with Gasteiger partial charge in [-0.3, -0.25) is 0 Å². The Balaban J connectivity index is 1.79. The quantitative estimate of drug-likeness (QED) is 0.353. The standard InChI is InChI=1S/C21H22O10/c1-29-15-5-4-10(8-14(15)23)2-3-11-6-12(22)9-13(7-11)30-21-18(26)16(24)17(25)19(31-21)20(27)28/h2-9,16-19,21-26H,1H3,(H,27,28)/b3-2+. The Morgan fingerprint density at radius 2 is 1.68 bits per heavy atom. The maximum atomic E-state index is 11.2. The van der Waals surface area contributed by atoms with E-state index in [1.165, 1.54) is 31.4 Å². The van der Waals surface area contributed by atoms with E-state index in [1.54, 1.807) is 24.3 Å². The summed E-state index contributed by atoms with van der Waals surface area (Å²) in [4.78, 5) is 11.2. The van der Waals surface area contributed by atoms with E-state index in [4.69, 9.17) is 19.3 Å². The summed E-state index contributed by atoms with van der Waals surface area (Å²) in [6.07, 6.45) is -5.50. The number of aromatic hydroxyl groups is 2. The van der Waals surface area contributed by atoms with Crippen LogP contribution >= 0.6 is 0 Å². The third kappa shape index (κ3) is 5.06. The number of carboxylic acid groups (broad SMARTS) is 1. The summed E-state index contributed by atoms with van der Waals surface area (Å²) >= 11 is 0. The van der Waals surface area contributed by atoms with Crippen molar-refractivity contribution in [3.8, 4) is 23.0 Å². The lowest BCUT2D eigenvalue weighted by Gasteiger charge is -2.38. The molecule has 0 saturated carbocycles. The van der Waals surface area contributed by atoms with E-state index in [9.17, 15) is 30.3 Å². The fourth-order valence-corrected chi connectivity index (χ4v) is 3.06. The number of aliphatic hydroxyl groups excluding tert-OH is 3. The Morgan fingerprint density at radius 3 is 2.32 bits per heavy atom. The molecule has 10 heteroatoms. The Kier molecular flexibility index (Phi) is 6.66. The molecular weight excluding hydrogens is 412 g/mol. The highest BCUT2D eigenvalue weighted by Crippen LogP contribution is 2.30. The van der Waals surface area contributed by atoms with Gasteiger partial charge in [-0.25, -0.2) is 4.79 Å². The van der Waals surface area contributed by atoms with Crippen LogP contribution in [0.2, 0.25) is 0 Å². The van der Waals surface area contributed by atoms with Gasteiger partial charge in [0.1, 0.15) is 29.8 Å². The van der Waals surface area contributed by atoms with Crippen molar-refractivity contribution in [3.63, 3.8) is 0 Å². The number of carbonyl (C=O) groups is 1. The molecule has 2 aromatic carbocycles. The van der Waals surface area contributed by atoms with E-state index < -0.39 is 36.7 Å². The molecule has 1 saturated heterocycles. The Labute approximate surface area is 176 Å². The predicted molar refractivity (Wildman–Crippen MR) is 107 cm³/mol. The first kappa shape index (κ1) is 22.4. The summed E-state index contributed by atoms with van der Waals surface area (Å²) in [5.41, 5.74) is 1.13. The van der Waals surface area contributed by atoms with Gasteiger partial charge in [-0.1, -0.05) is 18.2 Å². The Bertz CT molecular complexity index is 973. The van der Waals surface area contributed by atoms with Gasteiger partial charge in [-0.2, -0.15) is 0 Å². The highest BCUT2D eigenvalue weighted by atomic mass is 16.7. The topological polar surface area (TPSA) is 166 Å². The predicted octanol–water partition coefficient (Wildman–Crippen LogP) is 0.548. The summed E-state index contributed by atoms with van der Waals surface area (Å²) in [7, 11) is 1.43. The monoisotopic (exact) mass is 434 g/mol. The van der Waals surface area contributed by atoms with E-state index >= 15 is 0 Å². The maximum absolute atomic E-state index is 11.2. The fourth-order valence-electron chi connectivity index (χ4n) is 3.06. The van der Waals surface area contributed by atoms with Gasteiger partial charge < -0.3 is 44.8 Å². The number of phenolic OH excluding ortho intramolecular Hbond substituents is 2. The highest BCUT2D eigenvalue weighted by Gasteiger charge is 2.48. The van der Waals surface area contributed by atoms with E-state index in [0.717, 1.165) is 0 Å². The zero-order valence-electron chi connectivity index (χ0n) is 16.3. The fraction of sp³-hybridized carbons (Fsp3) is 0.286. The van der Waals surface area contributed by atoms with Gasteiger partial charge in [0.15, 0.2) is 17.6 Å². The molecule has 1 aliphatic heterocycles. The molecule has 6 N–H and O–H groups in total. The summed E-state index contributed by atoms with van der Waals surface area (Å²) in [6.45, 7) is 0. The van der Waals surface area contributed by atoms with Crippen LogP contribution in [0, 0.1) is 0 Å². The molecule has 2 aromatic rings. The van der Waals surface area contributed by atoms with E-state index in [0.29, 0.717) is 16.9 Å². The lowest BCUT2D eigenvalue weighted by atomic mass is 9.99. The summed E-state index contributed by atoms with van der Waals surface area (Å²) in [6, 6.07) is 8.89. The first-order valence-corrected chi connectivity index (χ1v) is 9.18. The van der Waals surface area contributed by atoms with Crippen molar-refractivity contribution in [1.82, 2.24) is 0 Å². The van der Waals surface area contributed by atoms with Crippen LogP contribution in [0.4, 0.5) is 0 Å². The number of methoxy groups -OCH3 is 1. The lowest BCUT2D eigenvalue weighted by Crippen LogP contribution is -2.61. The molecule has 3 rings (SSSR count). The first-order chi connectivity index (χ1) is 14.7. The molecule has 0 aliphatic carbocycles. The zero-order valence-corrected chi connectivity index (χ0v) is 16.3. The minimum absolute atomic E-state index is 0.0222. The number of benzene rings is 2. The van der Waals surface area contributed by atoms with Crippen molar-refractivity contribution < 1.29 is 49.6 Å². The van der Waals surface area contributed by atoms with Crippen LogP contribution in [-0.2, 0) is 9.53 Å². The molecule has 1 heterocycles. The second-order valence-corrected chi connectivity index (χ2v) is 6.88. The zero-order chi connectivity index (χ0) is 22.7. The molecular formula is C21H22O10. The summed E-state index contributed by atoms with van der Waals surface area (Å²) in [5.74, 6) is -1.41. The van der Waals surface area contributed by atoms with Crippen LogP contribution in [-0.4, -0.2) is 74.4 Å². The molecule has 166 valence electrons. The van der Waals surface area contributed by atoms with Crippen LogP contribution in [0.15, 0.2) is 36.4 Å². The molecule has 5 atom stereocenters. The van der Waals surface area contributed by atoms with Crippen LogP contribution in [0.1, 0.15) is 11.1 Å². The molecule has 0 spiro atoms. The van der Waals surface area contributed by atoms with Crippen molar-refractivity contribution in [2.45, 2.75) is 30.7 Å². The molecule has 1 fully saturated rings. The molecule has 1 aliphatic rings. The number of aliphatic carboxylic acids is 1. The Hall–Kier alpha value is -3.31. The lowest BCUT2D eigenvalue weighted by molar-refractivity contribution is -0.271. The number of ether oxygens (including phenoxy) is 3. The number of phenols is 2. The van der Waals surface area contributed by atoms with Gasteiger partial charge in [0.05, 0.1) is 7.11 Å². The molecule has 5 unspecified atom stereocenters. The number of hydrogen-bond acceptors (Lipinski definition) is 9. The molecule has 0 radical (unpaired) electrons. The molecule has 0 aromatic heterocycles. The van der Waals surface area contributed by atoms with Crippen molar-refractivity contribution in [1.29, 1.82) is 0 Å². The van der Waals surface area contributed by atoms with Gasteiger partial charge in [0, 0.05) is 6.07 Å². The normalized spacial score (nSPS) is 26.0. The van der Waals surface area contributed by atoms with Crippen molar-refractivity contribution in [3.05, 3.63) is 47.5 Å². The molecule has 0 bridgehead atoms. The third-order valence-electron chi connectivity index (χ3n) is 4.65. The van der Waals surface area contributed by atoms with Gasteiger partial charge in [0.25, 0.3) is 0 Å². The largest absolute Gasteiger partial charge is 0.508 e. The second-order valence-electron chi connectivity index (χ2n) is 6.88. The third-order valence-corrected chi connectivity index (χ3v) is 4.65. The number of aliphatic hydroxyl groups is 3. The van der Waals surface area contributed by atoms with Crippen LogP contribution in [0.5, 0.6) is 23.0 Å². The van der Waals surface area contributed by atoms with Gasteiger partial charge >= 0.3 is 5.97 Å². The average Bonchev–Trinajstić information content (AvgIpc) is 2.72.